The van der Waals surface area contributed by atoms with Crippen LogP contribution in [0.5, 0.6) is 0 Å². The molecule has 2 rings (SSSR count). The van der Waals surface area contributed by atoms with Crippen LogP contribution in [0, 0.1) is 17.8 Å². The van der Waals surface area contributed by atoms with Crippen molar-refractivity contribution in [3.63, 3.8) is 0 Å². The van der Waals surface area contributed by atoms with E-state index in [0.717, 1.165) is 19.3 Å². The molecule has 17 heavy (non-hydrogen) atoms. The van der Waals surface area contributed by atoms with Crippen LogP contribution in [0.1, 0.15) is 40.0 Å². The van der Waals surface area contributed by atoms with E-state index in [9.17, 15) is 4.79 Å². The van der Waals surface area contributed by atoms with Gasteiger partial charge in [-0.2, -0.15) is 0 Å². The van der Waals surface area contributed by atoms with Gasteiger partial charge in [0, 0.05) is 12.6 Å². The molecule has 0 saturated heterocycles. The van der Waals surface area contributed by atoms with Crippen molar-refractivity contribution in [2.45, 2.75) is 51.7 Å². The molecular weight excluding hydrogens is 218 g/mol. The highest BCUT2D eigenvalue weighted by Gasteiger charge is 2.48. The Labute approximate surface area is 103 Å². The van der Waals surface area contributed by atoms with Crippen molar-refractivity contribution in [2.24, 2.45) is 17.8 Å². The molecule has 0 aliphatic heterocycles. The van der Waals surface area contributed by atoms with Gasteiger partial charge >= 0.3 is 6.09 Å². The lowest BCUT2D eigenvalue weighted by atomic mass is 9.71. The summed E-state index contributed by atoms with van der Waals surface area (Å²) in [4.78, 5) is 11.6. The number of fused-ring (bicyclic) bond motifs is 1. The van der Waals surface area contributed by atoms with Gasteiger partial charge in [0.2, 0.25) is 0 Å². The van der Waals surface area contributed by atoms with E-state index in [1.807, 2.05) is 20.8 Å². The minimum absolute atomic E-state index is 0.256. The van der Waals surface area contributed by atoms with Crippen molar-refractivity contribution >= 4 is 6.09 Å². The summed E-state index contributed by atoms with van der Waals surface area (Å²) in [6.45, 7) is 5.89. The summed E-state index contributed by atoms with van der Waals surface area (Å²) in [7, 11) is 0. The molecule has 0 spiro atoms. The highest BCUT2D eigenvalue weighted by molar-refractivity contribution is 5.68. The molecule has 0 aromatic rings. The van der Waals surface area contributed by atoms with Crippen LogP contribution in [0.15, 0.2) is 0 Å². The molecule has 0 radical (unpaired) electrons. The molecule has 4 nitrogen and oxygen atoms in total. The predicted molar refractivity (Wildman–Crippen MR) is 64.6 cm³/mol. The third-order valence-electron chi connectivity index (χ3n) is 3.88. The van der Waals surface area contributed by atoms with Crippen molar-refractivity contribution in [3.05, 3.63) is 0 Å². The number of hydrogen-bond acceptors (Lipinski definition) is 3. The lowest BCUT2D eigenvalue weighted by Gasteiger charge is -2.40. The molecule has 2 aliphatic carbocycles. The van der Waals surface area contributed by atoms with Crippen LogP contribution >= 0.6 is 0 Å². The Morgan fingerprint density at radius 1 is 1.35 bits per heavy atom. The monoisotopic (exact) mass is 241 g/mol. The molecule has 0 heterocycles. The van der Waals surface area contributed by atoms with E-state index < -0.39 is 5.60 Å². The van der Waals surface area contributed by atoms with Gasteiger partial charge in [-0.3, -0.25) is 0 Å². The molecular formula is C13H23NO3. The Bertz CT molecular complexity index is 298. The second-order valence-electron chi connectivity index (χ2n) is 6.43. The summed E-state index contributed by atoms with van der Waals surface area (Å²) >= 11 is 0. The number of nitrogens with one attached hydrogen (secondary N) is 1. The highest BCUT2D eigenvalue weighted by atomic mass is 16.6. The van der Waals surface area contributed by atoms with Gasteiger partial charge in [-0.05, 0) is 57.8 Å². The fraction of sp³-hybridized carbons (Fsp3) is 0.923. The van der Waals surface area contributed by atoms with E-state index in [4.69, 9.17) is 9.84 Å². The molecule has 2 saturated carbocycles. The number of aliphatic hydroxyl groups is 1. The molecule has 0 bridgehead atoms. The van der Waals surface area contributed by atoms with Crippen molar-refractivity contribution in [1.29, 1.82) is 0 Å². The molecule has 2 N–H and O–H groups in total. The smallest absolute Gasteiger partial charge is 0.407 e. The molecule has 2 aliphatic rings. The second kappa shape index (κ2) is 4.48. The first-order chi connectivity index (χ1) is 7.89. The first-order valence-electron chi connectivity index (χ1n) is 6.49. The average molecular weight is 241 g/mol. The number of aliphatic hydroxyl groups excluding tert-OH is 1. The zero-order valence-electron chi connectivity index (χ0n) is 10.9. The minimum Gasteiger partial charge on any atom is -0.444 e. The number of ether oxygens (including phenoxy) is 1. The zero-order valence-corrected chi connectivity index (χ0v) is 10.9. The van der Waals surface area contributed by atoms with E-state index in [1.54, 1.807) is 0 Å². The van der Waals surface area contributed by atoms with Crippen LogP contribution in [0.25, 0.3) is 0 Å². The maximum absolute atomic E-state index is 11.6. The van der Waals surface area contributed by atoms with Crippen LogP contribution in [-0.4, -0.2) is 29.4 Å². The molecule has 4 heteroatoms. The van der Waals surface area contributed by atoms with E-state index in [2.05, 4.69) is 5.32 Å². The standard InChI is InChI=1S/C13H23NO3/c1-13(2,3)17-12(16)14-11-6-9-4-8(7-15)5-10(9)11/h8-11,15H,4-7H2,1-3H3,(H,14,16)/t8?,9-,10-,11+/m0/s1. The van der Waals surface area contributed by atoms with Crippen LogP contribution in [0.2, 0.25) is 0 Å². The van der Waals surface area contributed by atoms with Gasteiger partial charge in [0.25, 0.3) is 0 Å². The SMILES string of the molecule is CC(C)(C)OC(=O)N[C@@H]1C[C@@H]2CC(CO)C[C@@H]21. The average Bonchev–Trinajstić information content (AvgIpc) is 2.49. The lowest BCUT2D eigenvalue weighted by molar-refractivity contribution is 0.0385. The van der Waals surface area contributed by atoms with Crippen LogP contribution < -0.4 is 5.32 Å². The largest absolute Gasteiger partial charge is 0.444 e. The summed E-state index contributed by atoms with van der Waals surface area (Å²) in [6.07, 6.45) is 2.89. The number of carbonyl (C=O) groups is 1. The van der Waals surface area contributed by atoms with Crippen molar-refractivity contribution in [1.82, 2.24) is 5.32 Å². The van der Waals surface area contributed by atoms with Gasteiger partial charge in [-0.25, -0.2) is 4.79 Å². The summed E-state index contributed by atoms with van der Waals surface area (Å²) in [5.41, 5.74) is -0.434. The van der Waals surface area contributed by atoms with Gasteiger partial charge in [-0.15, -0.1) is 0 Å². The summed E-state index contributed by atoms with van der Waals surface area (Å²) in [5.74, 6) is 1.70. The van der Waals surface area contributed by atoms with Crippen molar-refractivity contribution < 1.29 is 14.6 Å². The van der Waals surface area contributed by atoms with Crippen molar-refractivity contribution in [3.8, 4) is 0 Å². The number of carbonyl (C=O) groups excluding carboxylic acids is 1. The normalized spacial score (nSPS) is 36.0. The number of alkyl carbamates (subject to hydrolysis) is 1. The fourth-order valence-electron chi connectivity index (χ4n) is 3.12. The molecule has 98 valence electrons. The minimum atomic E-state index is -0.434. The quantitative estimate of drug-likeness (QED) is 0.776. The predicted octanol–water partition coefficient (Wildman–Crippen LogP) is 1.92. The number of hydrogen-bond donors (Lipinski definition) is 2. The number of rotatable bonds is 2. The molecule has 0 aromatic carbocycles. The highest BCUT2D eigenvalue weighted by Crippen LogP contribution is 2.49. The van der Waals surface area contributed by atoms with Crippen LogP contribution in [-0.2, 0) is 4.74 Å². The lowest BCUT2D eigenvalue weighted by Crippen LogP contribution is -2.51. The number of amides is 1. The topological polar surface area (TPSA) is 58.6 Å². The van der Waals surface area contributed by atoms with Gasteiger partial charge < -0.3 is 15.2 Å². The maximum atomic E-state index is 11.6. The van der Waals surface area contributed by atoms with Crippen molar-refractivity contribution in [2.75, 3.05) is 6.61 Å². The van der Waals surface area contributed by atoms with Gasteiger partial charge in [-0.1, -0.05) is 0 Å². The fourth-order valence-corrected chi connectivity index (χ4v) is 3.12. The first-order valence-corrected chi connectivity index (χ1v) is 6.49. The maximum Gasteiger partial charge on any atom is 0.407 e. The molecule has 0 aromatic heterocycles. The zero-order chi connectivity index (χ0) is 12.6. The first kappa shape index (κ1) is 12.7. The van der Waals surface area contributed by atoms with E-state index in [-0.39, 0.29) is 18.7 Å². The summed E-state index contributed by atoms with van der Waals surface area (Å²) in [6, 6.07) is 0.256. The van der Waals surface area contributed by atoms with Gasteiger partial charge in [0.05, 0.1) is 0 Å². The molecule has 1 unspecified atom stereocenters. The Balaban J connectivity index is 1.77. The van der Waals surface area contributed by atoms with Gasteiger partial charge in [0.1, 0.15) is 5.60 Å². The third kappa shape index (κ3) is 2.92. The third-order valence-corrected chi connectivity index (χ3v) is 3.88. The Kier molecular flexibility index (Phi) is 3.34. The molecule has 4 atom stereocenters. The summed E-state index contributed by atoms with van der Waals surface area (Å²) < 4.78 is 5.25. The Morgan fingerprint density at radius 2 is 2.06 bits per heavy atom. The van der Waals surface area contributed by atoms with E-state index >= 15 is 0 Å². The van der Waals surface area contributed by atoms with E-state index in [1.165, 1.54) is 0 Å². The Morgan fingerprint density at radius 3 is 2.65 bits per heavy atom. The Hall–Kier alpha value is -0.770. The van der Waals surface area contributed by atoms with Crippen LogP contribution in [0.3, 0.4) is 0 Å². The van der Waals surface area contributed by atoms with Gasteiger partial charge in [0.15, 0.2) is 0 Å². The second-order valence-corrected chi connectivity index (χ2v) is 6.43. The van der Waals surface area contributed by atoms with E-state index in [0.29, 0.717) is 17.8 Å². The van der Waals surface area contributed by atoms with Crippen LogP contribution in [0.4, 0.5) is 4.79 Å². The molecule has 2 fully saturated rings. The summed E-state index contributed by atoms with van der Waals surface area (Å²) in [5, 5.41) is 12.1. The molecule has 1 amide bonds.